The molecule has 0 aromatic rings. The second-order valence-electron chi connectivity index (χ2n) is 6.87. The van der Waals surface area contributed by atoms with Gasteiger partial charge in [-0.1, -0.05) is 45.4 Å². The van der Waals surface area contributed by atoms with Crippen molar-refractivity contribution in [2.24, 2.45) is 23.2 Å². The minimum Gasteiger partial charge on any atom is -0.299 e. The molecule has 0 saturated heterocycles. The number of carbonyl (C=O) groups excluding carboxylic acids is 1. The molecule has 1 aliphatic rings. The van der Waals surface area contributed by atoms with E-state index in [1.54, 1.807) is 0 Å². The van der Waals surface area contributed by atoms with Gasteiger partial charge in [-0.05, 0) is 43.9 Å². The van der Waals surface area contributed by atoms with Crippen molar-refractivity contribution in [3.05, 3.63) is 24.8 Å². The van der Waals surface area contributed by atoms with Gasteiger partial charge in [0.15, 0.2) is 0 Å². The summed E-state index contributed by atoms with van der Waals surface area (Å²) >= 11 is 0. The van der Waals surface area contributed by atoms with Crippen LogP contribution in [-0.4, -0.2) is 5.78 Å². The van der Waals surface area contributed by atoms with Gasteiger partial charge in [0, 0.05) is 11.8 Å². The SMILES string of the molecule is C=CC(C)C(C/C=C/C)C(=O)C1CCCC(C)(C)C1. The maximum Gasteiger partial charge on any atom is 0.139 e. The van der Waals surface area contributed by atoms with Crippen LogP contribution in [0.5, 0.6) is 0 Å². The number of allylic oxidation sites excluding steroid dienone is 3. The lowest BCUT2D eigenvalue weighted by atomic mass is 9.68. The normalized spacial score (nSPS) is 26.0. The maximum atomic E-state index is 12.8. The van der Waals surface area contributed by atoms with Crippen LogP contribution >= 0.6 is 0 Å². The van der Waals surface area contributed by atoms with Crippen molar-refractivity contribution in [2.75, 3.05) is 0 Å². The fraction of sp³-hybridized carbons (Fsp3) is 0.722. The van der Waals surface area contributed by atoms with Gasteiger partial charge < -0.3 is 0 Å². The predicted molar refractivity (Wildman–Crippen MR) is 83.0 cm³/mol. The highest BCUT2D eigenvalue weighted by molar-refractivity contribution is 5.84. The van der Waals surface area contributed by atoms with Gasteiger partial charge in [-0.25, -0.2) is 0 Å². The molecular formula is C18H30O. The average molecular weight is 262 g/mol. The first-order valence-corrected chi connectivity index (χ1v) is 7.68. The van der Waals surface area contributed by atoms with E-state index in [-0.39, 0.29) is 17.8 Å². The average Bonchev–Trinajstić information content (AvgIpc) is 2.37. The Bertz CT molecular complexity index is 338. The van der Waals surface area contributed by atoms with Crippen LogP contribution in [0.25, 0.3) is 0 Å². The summed E-state index contributed by atoms with van der Waals surface area (Å²) in [5, 5.41) is 0. The maximum absolute atomic E-state index is 12.8. The third kappa shape index (κ3) is 4.63. The Morgan fingerprint density at radius 3 is 2.68 bits per heavy atom. The van der Waals surface area contributed by atoms with E-state index in [0.29, 0.717) is 11.2 Å². The Labute approximate surface area is 119 Å². The number of hydrogen-bond acceptors (Lipinski definition) is 1. The van der Waals surface area contributed by atoms with E-state index >= 15 is 0 Å². The second-order valence-corrected chi connectivity index (χ2v) is 6.87. The molecule has 0 bridgehead atoms. The summed E-state index contributed by atoms with van der Waals surface area (Å²) in [6.45, 7) is 12.6. The number of rotatable bonds is 6. The van der Waals surface area contributed by atoms with Crippen molar-refractivity contribution in [3.8, 4) is 0 Å². The number of carbonyl (C=O) groups is 1. The summed E-state index contributed by atoms with van der Waals surface area (Å²) in [5.41, 5.74) is 0.334. The molecule has 1 heteroatoms. The van der Waals surface area contributed by atoms with Gasteiger partial charge in [-0.15, -0.1) is 6.58 Å². The van der Waals surface area contributed by atoms with Crippen molar-refractivity contribution in [1.29, 1.82) is 0 Å². The van der Waals surface area contributed by atoms with Crippen LogP contribution in [0.3, 0.4) is 0 Å². The molecular weight excluding hydrogens is 232 g/mol. The molecule has 0 radical (unpaired) electrons. The monoisotopic (exact) mass is 262 g/mol. The molecule has 0 spiro atoms. The Hall–Kier alpha value is -0.850. The standard InChI is InChI=1S/C18H30O/c1-6-8-11-16(14(3)7-2)17(19)15-10-9-12-18(4,5)13-15/h6-8,14-16H,2,9-13H2,1,3-5H3/b8-6+. The molecule has 0 N–H and O–H groups in total. The van der Waals surface area contributed by atoms with Crippen LogP contribution in [0.1, 0.15) is 59.8 Å². The third-order valence-corrected chi connectivity index (χ3v) is 4.61. The largest absolute Gasteiger partial charge is 0.299 e. The summed E-state index contributed by atoms with van der Waals surface area (Å²) in [6, 6.07) is 0. The lowest BCUT2D eigenvalue weighted by Crippen LogP contribution is -2.33. The summed E-state index contributed by atoms with van der Waals surface area (Å²) < 4.78 is 0. The Morgan fingerprint density at radius 1 is 1.47 bits per heavy atom. The second kappa shape index (κ2) is 7.07. The van der Waals surface area contributed by atoms with Crippen molar-refractivity contribution in [2.45, 2.75) is 59.8 Å². The topological polar surface area (TPSA) is 17.1 Å². The van der Waals surface area contributed by atoms with E-state index < -0.39 is 0 Å². The van der Waals surface area contributed by atoms with Crippen LogP contribution in [0.4, 0.5) is 0 Å². The molecule has 1 nitrogen and oxygen atoms in total. The fourth-order valence-corrected chi connectivity index (χ4v) is 3.28. The van der Waals surface area contributed by atoms with Gasteiger partial charge in [0.05, 0.1) is 0 Å². The number of hydrogen-bond donors (Lipinski definition) is 0. The molecule has 3 atom stereocenters. The first-order valence-electron chi connectivity index (χ1n) is 7.68. The lowest BCUT2D eigenvalue weighted by molar-refractivity contribution is -0.130. The fourth-order valence-electron chi connectivity index (χ4n) is 3.28. The zero-order valence-electron chi connectivity index (χ0n) is 13.1. The van der Waals surface area contributed by atoms with E-state index in [1.807, 2.05) is 19.1 Å². The van der Waals surface area contributed by atoms with E-state index in [0.717, 1.165) is 19.3 Å². The quantitative estimate of drug-likeness (QED) is 0.603. The molecule has 19 heavy (non-hydrogen) atoms. The minimum absolute atomic E-state index is 0.118. The number of ketones is 1. The van der Waals surface area contributed by atoms with Gasteiger partial charge >= 0.3 is 0 Å². The van der Waals surface area contributed by atoms with Crippen LogP contribution in [0.2, 0.25) is 0 Å². The molecule has 0 aromatic carbocycles. The first-order chi connectivity index (χ1) is 8.91. The van der Waals surface area contributed by atoms with E-state index in [9.17, 15) is 4.79 Å². The molecule has 0 amide bonds. The highest BCUT2D eigenvalue weighted by Gasteiger charge is 2.35. The van der Waals surface area contributed by atoms with Crippen LogP contribution in [0.15, 0.2) is 24.8 Å². The summed E-state index contributed by atoms with van der Waals surface area (Å²) in [5.74, 6) is 1.13. The molecule has 0 aliphatic heterocycles. The van der Waals surface area contributed by atoms with Crippen molar-refractivity contribution in [1.82, 2.24) is 0 Å². The van der Waals surface area contributed by atoms with Gasteiger partial charge in [-0.3, -0.25) is 4.79 Å². The minimum atomic E-state index is 0.118. The predicted octanol–water partition coefficient (Wildman–Crippen LogP) is 5.18. The van der Waals surface area contributed by atoms with Gasteiger partial charge in [-0.2, -0.15) is 0 Å². The molecule has 0 aromatic heterocycles. The third-order valence-electron chi connectivity index (χ3n) is 4.61. The smallest absolute Gasteiger partial charge is 0.139 e. The van der Waals surface area contributed by atoms with Crippen molar-refractivity contribution in [3.63, 3.8) is 0 Å². The highest BCUT2D eigenvalue weighted by Crippen LogP contribution is 2.40. The molecule has 1 rings (SSSR count). The van der Waals surface area contributed by atoms with E-state index in [2.05, 4.69) is 33.4 Å². The molecule has 108 valence electrons. The Morgan fingerprint density at radius 2 is 2.16 bits per heavy atom. The van der Waals surface area contributed by atoms with Crippen molar-refractivity contribution < 1.29 is 4.79 Å². The first kappa shape index (κ1) is 16.2. The highest BCUT2D eigenvalue weighted by atomic mass is 16.1. The summed E-state index contributed by atoms with van der Waals surface area (Å²) in [6.07, 6.45) is 11.5. The molecule has 1 fully saturated rings. The Kier molecular flexibility index (Phi) is 6.03. The van der Waals surface area contributed by atoms with Gasteiger partial charge in [0.2, 0.25) is 0 Å². The van der Waals surface area contributed by atoms with Crippen LogP contribution in [-0.2, 0) is 4.79 Å². The van der Waals surface area contributed by atoms with Crippen molar-refractivity contribution >= 4 is 5.78 Å². The lowest BCUT2D eigenvalue weighted by Gasteiger charge is -2.36. The Balaban J connectivity index is 2.77. The molecule has 0 heterocycles. The summed E-state index contributed by atoms with van der Waals surface area (Å²) in [4.78, 5) is 12.8. The van der Waals surface area contributed by atoms with Crippen LogP contribution < -0.4 is 0 Å². The van der Waals surface area contributed by atoms with E-state index in [4.69, 9.17) is 0 Å². The summed E-state index contributed by atoms with van der Waals surface area (Å²) in [7, 11) is 0. The zero-order chi connectivity index (χ0) is 14.5. The molecule has 1 aliphatic carbocycles. The molecule has 3 unspecified atom stereocenters. The number of Topliss-reactive ketones (excluding diaryl/α,β-unsaturated/α-hetero) is 1. The van der Waals surface area contributed by atoms with E-state index in [1.165, 1.54) is 12.8 Å². The zero-order valence-corrected chi connectivity index (χ0v) is 13.1. The molecule has 1 saturated carbocycles. The van der Waals surface area contributed by atoms with Gasteiger partial charge in [0.1, 0.15) is 5.78 Å². The van der Waals surface area contributed by atoms with Crippen LogP contribution in [0, 0.1) is 23.2 Å². The van der Waals surface area contributed by atoms with Gasteiger partial charge in [0.25, 0.3) is 0 Å².